The molecule has 1 aliphatic rings. The van der Waals surface area contributed by atoms with Gasteiger partial charge in [0.25, 0.3) is 11.5 Å². The van der Waals surface area contributed by atoms with Crippen LogP contribution in [0, 0.1) is 0 Å². The lowest BCUT2D eigenvalue weighted by atomic mass is 10.2. The molecular formula is C23H28BrN2O8P. The van der Waals surface area contributed by atoms with Crippen molar-refractivity contribution in [1.29, 1.82) is 0 Å². The predicted molar refractivity (Wildman–Crippen MR) is 134 cm³/mol. The van der Waals surface area contributed by atoms with Gasteiger partial charge in [0.05, 0.1) is 31.0 Å². The summed E-state index contributed by atoms with van der Waals surface area (Å²) >= 11 is 3.13. The summed E-state index contributed by atoms with van der Waals surface area (Å²) in [6.07, 6.45) is 1.06. The van der Waals surface area contributed by atoms with Gasteiger partial charge in [-0.1, -0.05) is 34.1 Å². The maximum atomic E-state index is 13.3. The molecule has 0 bridgehead atoms. The van der Waals surface area contributed by atoms with Crippen LogP contribution in [0.3, 0.4) is 0 Å². The van der Waals surface area contributed by atoms with E-state index in [0.717, 1.165) is 0 Å². The molecule has 0 saturated heterocycles. The fourth-order valence-electron chi connectivity index (χ4n) is 3.97. The van der Waals surface area contributed by atoms with Crippen molar-refractivity contribution < 1.29 is 28.3 Å². The smallest absolute Gasteiger partial charge is 0.356 e. The Morgan fingerprint density at radius 2 is 1.83 bits per heavy atom. The number of halogens is 1. The Labute approximate surface area is 210 Å². The van der Waals surface area contributed by atoms with Crippen LogP contribution >= 0.6 is 23.5 Å². The van der Waals surface area contributed by atoms with Crippen LogP contribution < -0.4 is 11.2 Å². The third kappa shape index (κ3) is 6.35. The van der Waals surface area contributed by atoms with Crippen molar-refractivity contribution in [2.24, 2.45) is 0 Å². The van der Waals surface area contributed by atoms with Gasteiger partial charge in [0.2, 0.25) is 0 Å². The van der Waals surface area contributed by atoms with E-state index in [1.165, 1.54) is 34.0 Å². The Morgan fingerprint density at radius 3 is 2.43 bits per heavy atom. The number of benzene rings is 1. The first kappa shape index (κ1) is 27.4. The Balaban J connectivity index is 1.93. The minimum Gasteiger partial charge on any atom is -0.390 e. The van der Waals surface area contributed by atoms with Crippen LogP contribution in [0.25, 0.3) is 6.08 Å². The molecule has 0 amide bonds. The van der Waals surface area contributed by atoms with E-state index >= 15 is 0 Å². The highest BCUT2D eigenvalue weighted by Gasteiger charge is 2.38. The van der Waals surface area contributed by atoms with Gasteiger partial charge in [-0.2, -0.15) is 4.57 Å². The van der Waals surface area contributed by atoms with Crippen LogP contribution in [-0.4, -0.2) is 51.9 Å². The number of carbonyl (C=O) groups excluding carboxylic acids is 1. The van der Waals surface area contributed by atoms with E-state index in [0.29, 0.717) is 4.57 Å². The number of carbonyl (C=O) groups is 1. The number of ether oxygens (including phenoxy) is 1. The van der Waals surface area contributed by atoms with Crippen LogP contribution in [0.4, 0.5) is 0 Å². The van der Waals surface area contributed by atoms with Crippen LogP contribution in [0.5, 0.6) is 0 Å². The number of hydrogen-bond donors (Lipinski definition) is 1. The number of rotatable bonds is 10. The van der Waals surface area contributed by atoms with Gasteiger partial charge < -0.3 is 18.9 Å². The maximum Gasteiger partial charge on any atom is 0.356 e. The Hall–Kier alpha value is -2.14. The Kier molecular flexibility index (Phi) is 9.57. The highest BCUT2D eigenvalue weighted by atomic mass is 79.9. The molecule has 35 heavy (non-hydrogen) atoms. The molecule has 1 aromatic heterocycles. The largest absolute Gasteiger partial charge is 0.390 e. The second-order valence-corrected chi connectivity index (χ2v) is 10.4. The fourth-order valence-corrected chi connectivity index (χ4v) is 5.64. The maximum absolute atomic E-state index is 13.3. The lowest BCUT2D eigenvalue weighted by Crippen LogP contribution is -2.45. The third-order valence-electron chi connectivity index (χ3n) is 5.55. The zero-order chi connectivity index (χ0) is 25.6. The van der Waals surface area contributed by atoms with Crippen molar-refractivity contribution >= 4 is 35.5 Å². The van der Waals surface area contributed by atoms with Gasteiger partial charge in [0, 0.05) is 17.8 Å². The highest BCUT2D eigenvalue weighted by molar-refractivity contribution is 9.11. The lowest BCUT2D eigenvalue weighted by Gasteiger charge is -2.21. The summed E-state index contributed by atoms with van der Waals surface area (Å²) in [5.74, 6) is -0.750. The van der Waals surface area contributed by atoms with Crippen LogP contribution in [0.15, 0.2) is 51.1 Å². The molecule has 12 heteroatoms. The molecule has 3 atom stereocenters. The molecule has 190 valence electrons. The molecule has 1 heterocycles. The van der Waals surface area contributed by atoms with Gasteiger partial charge in [-0.3, -0.25) is 18.7 Å². The number of aromatic nitrogens is 2. The summed E-state index contributed by atoms with van der Waals surface area (Å²) in [4.78, 5) is 40.8. The van der Waals surface area contributed by atoms with Crippen molar-refractivity contribution in [3.05, 3.63) is 73.5 Å². The van der Waals surface area contributed by atoms with Gasteiger partial charge in [0.15, 0.2) is 0 Å². The predicted octanol–water partition coefficient (Wildman–Crippen LogP) is 3.37. The van der Waals surface area contributed by atoms with Gasteiger partial charge in [-0.15, -0.1) is 0 Å². The summed E-state index contributed by atoms with van der Waals surface area (Å²) in [5.41, 5.74) is -1.27. The van der Waals surface area contributed by atoms with E-state index in [9.17, 15) is 24.1 Å². The fraction of sp³-hybridized carbons (Fsp3) is 0.435. The first-order valence-electron chi connectivity index (χ1n) is 11.2. The molecule has 2 aromatic rings. The first-order chi connectivity index (χ1) is 16.7. The molecule has 1 saturated carbocycles. The minimum absolute atomic E-state index is 0.113. The Morgan fingerprint density at radius 1 is 1.17 bits per heavy atom. The molecule has 0 unspecified atom stereocenters. The molecule has 1 aromatic carbocycles. The summed E-state index contributed by atoms with van der Waals surface area (Å²) in [7, 11) is -3.48. The van der Waals surface area contributed by atoms with E-state index in [4.69, 9.17) is 13.8 Å². The highest BCUT2D eigenvalue weighted by Crippen LogP contribution is 2.49. The molecule has 0 aliphatic heterocycles. The zero-order valence-electron chi connectivity index (χ0n) is 19.4. The topological polar surface area (TPSA) is 126 Å². The quantitative estimate of drug-likeness (QED) is 0.431. The lowest BCUT2D eigenvalue weighted by molar-refractivity contribution is -0.00713. The second kappa shape index (κ2) is 12.2. The van der Waals surface area contributed by atoms with Crippen LogP contribution in [-0.2, 0) is 18.3 Å². The van der Waals surface area contributed by atoms with Crippen molar-refractivity contribution in [1.82, 2.24) is 9.13 Å². The average molecular weight is 571 g/mol. The van der Waals surface area contributed by atoms with Crippen molar-refractivity contribution in [3.8, 4) is 0 Å². The van der Waals surface area contributed by atoms with Gasteiger partial charge in [-0.25, -0.2) is 4.79 Å². The monoisotopic (exact) mass is 570 g/mol. The van der Waals surface area contributed by atoms with Gasteiger partial charge in [-0.05, 0) is 49.9 Å². The van der Waals surface area contributed by atoms with Gasteiger partial charge in [0.1, 0.15) is 6.35 Å². The molecule has 1 fully saturated rings. The van der Waals surface area contributed by atoms with Crippen molar-refractivity contribution in [3.63, 3.8) is 0 Å². The van der Waals surface area contributed by atoms with E-state index < -0.39 is 43.0 Å². The molecule has 0 radical (unpaired) electrons. The average Bonchev–Trinajstić information content (AvgIpc) is 3.20. The third-order valence-corrected chi connectivity index (χ3v) is 7.58. The van der Waals surface area contributed by atoms with Gasteiger partial charge >= 0.3 is 13.3 Å². The zero-order valence-corrected chi connectivity index (χ0v) is 21.9. The number of nitrogens with zero attached hydrogens (tertiary/aromatic N) is 2. The van der Waals surface area contributed by atoms with Crippen molar-refractivity contribution in [2.45, 2.75) is 44.9 Å². The normalized spacial score (nSPS) is 20.5. The van der Waals surface area contributed by atoms with E-state index in [1.807, 2.05) is 0 Å². The van der Waals surface area contributed by atoms with E-state index in [1.54, 1.807) is 32.0 Å². The Bertz CT molecular complexity index is 1220. The first-order valence-corrected chi connectivity index (χ1v) is 13.8. The molecule has 1 N–H and O–H groups in total. The minimum atomic E-state index is -3.48. The summed E-state index contributed by atoms with van der Waals surface area (Å²) in [6.45, 7) is 3.71. The molecule has 1 aliphatic carbocycles. The molecule has 10 nitrogen and oxygen atoms in total. The van der Waals surface area contributed by atoms with E-state index in [2.05, 4.69) is 15.9 Å². The van der Waals surface area contributed by atoms with E-state index in [-0.39, 0.29) is 43.5 Å². The molecular weight excluding hydrogens is 543 g/mol. The number of hydrogen-bond acceptors (Lipinski definition) is 8. The SMILES string of the molecule is CCOP(=O)(CO[C@H]1C[C@@H](n2cc(/C=C/Br)c(=O)n(C(=O)c3ccccc3)c2=O)C[C@@H]1O)OCC. The van der Waals surface area contributed by atoms with Crippen molar-refractivity contribution in [2.75, 3.05) is 19.6 Å². The summed E-state index contributed by atoms with van der Waals surface area (Å²) < 4.78 is 30.7. The number of aliphatic hydroxyl groups excluding tert-OH is 1. The number of aliphatic hydroxyl groups is 1. The standard InChI is InChI=1S/C23H28BrN2O8P/c1-3-33-35(31,34-4-2)15-32-20-13-18(12-19(20)27)25-14-17(10-11-24)22(29)26(23(25)30)21(28)16-8-6-5-7-9-16/h5-11,14,18-20,27H,3-4,12-13,15H2,1-2H3/b11-10+/t18-,19-,20-/m0/s1. The summed E-state index contributed by atoms with van der Waals surface area (Å²) in [6, 6.07) is 7.46. The summed E-state index contributed by atoms with van der Waals surface area (Å²) in [5, 5.41) is 10.6. The van der Waals surface area contributed by atoms with Crippen LogP contribution in [0.1, 0.15) is 48.7 Å². The second-order valence-electron chi connectivity index (χ2n) is 7.85. The molecule has 0 spiro atoms. The van der Waals surface area contributed by atoms with Crippen LogP contribution in [0.2, 0.25) is 0 Å². The molecule has 3 rings (SSSR count).